The van der Waals surface area contributed by atoms with Gasteiger partial charge in [0, 0.05) is 44.3 Å². The maximum absolute atomic E-state index is 12.3. The van der Waals surface area contributed by atoms with Gasteiger partial charge in [0.05, 0.1) is 13.0 Å². The molecule has 0 aliphatic rings. The highest BCUT2D eigenvalue weighted by Crippen LogP contribution is 1.98. The summed E-state index contributed by atoms with van der Waals surface area (Å²) in [5.41, 5.74) is -0.655. The van der Waals surface area contributed by atoms with Gasteiger partial charge in [-0.15, -0.1) is 0 Å². The van der Waals surface area contributed by atoms with Crippen LogP contribution in [0.1, 0.15) is 12.5 Å². The average Bonchev–Trinajstić information content (AvgIpc) is 3.02. The summed E-state index contributed by atoms with van der Waals surface area (Å²) in [7, 11) is 1.38. The molecule has 8 nitrogen and oxygen atoms in total. The van der Waals surface area contributed by atoms with E-state index in [1.807, 2.05) is 19.2 Å². The standard InChI is InChI=1S/C14H19N5O3/c1-3-18(7-8-19-6-4-5-16-19)12(20)9-11-10-15-14(22)17(2)13(11)21/h4-6,10H,3,7-9H2,1-2H3,(H,15,22). The van der Waals surface area contributed by atoms with Gasteiger partial charge in [0.2, 0.25) is 5.91 Å². The Labute approximate surface area is 127 Å². The van der Waals surface area contributed by atoms with E-state index < -0.39 is 11.2 Å². The first-order valence-electron chi connectivity index (χ1n) is 7.05. The van der Waals surface area contributed by atoms with Crippen molar-refractivity contribution >= 4 is 5.91 Å². The van der Waals surface area contributed by atoms with Gasteiger partial charge in [-0.05, 0) is 13.0 Å². The van der Waals surface area contributed by atoms with E-state index >= 15 is 0 Å². The lowest BCUT2D eigenvalue weighted by Gasteiger charge is -2.20. The van der Waals surface area contributed by atoms with Crippen molar-refractivity contribution in [2.24, 2.45) is 7.05 Å². The maximum Gasteiger partial charge on any atom is 0.328 e. The largest absolute Gasteiger partial charge is 0.341 e. The normalized spacial score (nSPS) is 10.6. The molecule has 2 rings (SSSR count). The Morgan fingerprint density at radius 3 is 2.82 bits per heavy atom. The molecular formula is C14H19N5O3. The fraction of sp³-hybridized carbons (Fsp3) is 0.429. The zero-order valence-electron chi connectivity index (χ0n) is 12.7. The van der Waals surface area contributed by atoms with Crippen molar-refractivity contribution in [1.82, 2.24) is 24.2 Å². The second-order valence-corrected chi connectivity index (χ2v) is 4.90. The molecule has 0 saturated carbocycles. The zero-order valence-corrected chi connectivity index (χ0v) is 12.7. The highest BCUT2D eigenvalue weighted by atomic mass is 16.2. The number of nitrogens with zero attached hydrogens (tertiary/aromatic N) is 4. The van der Waals surface area contributed by atoms with Gasteiger partial charge in [0.25, 0.3) is 5.56 Å². The molecule has 2 aromatic heterocycles. The Kier molecular flexibility index (Phi) is 4.92. The predicted octanol–water partition coefficient (Wildman–Crippen LogP) is -0.639. The second kappa shape index (κ2) is 6.88. The molecule has 0 bridgehead atoms. The molecule has 8 heteroatoms. The molecule has 0 radical (unpaired) electrons. The van der Waals surface area contributed by atoms with E-state index in [0.717, 1.165) is 4.57 Å². The minimum Gasteiger partial charge on any atom is -0.341 e. The van der Waals surface area contributed by atoms with Crippen molar-refractivity contribution in [1.29, 1.82) is 0 Å². The summed E-state index contributed by atoms with van der Waals surface area (Å²) in [5.74, 6) is -0.154. The number of carbonyl (C=O) groups is 1. The lowest BCUT2D eigenvalue weighted by atomic mass is 10.2. The van der Waals surface area contributed by atoms with Gasteiger partial charge < -0.3 is 9.88 Å². The number of hydrogen-bond acceptors (Lipinski definition) is 4. The van der Waals surface area contributed by atoms with Gasteiger partial charge in [-0.25, -0.2) is 4.79 Å². The number of nitrogens with one attached hydrogen (secondary N) is 1. The van der Waals surface area contributed by atoms with Gasteiger partial charge >= 0.3 is 5.69 Å². The highest BCUT2D eigenvalue weighted by Gasteiger charge is 2.15. The summed E-state index contributed by atoms with van der Waals surface area (Å²) in [6.45, 7) is 3.53. The first-order valence-corrected chi connectivity index (χ1v) is 7.05. The van der Waals surface area contributed by atoms with E-state index in [-0.39, 0.29) is 17.9 Å². The van der Waals surface area contributed by atoms with Crippen molar-refractivity contribution in [3.05, 3.63) is 51.1 Å². The second-order valence-electron chi connectivity index (χ2n) is 4.90. The molecule has 2 aromatic rings. The molecule has 1 N–H and O–H groups in total. The molecule has 118 valence electrons. The Hall–Kier alpha value is -2.64. The molecule has 0 aliphatic carbocycles. The molecule has 2 heterocycles. The lowest BCUT2D eigenvalue weighted by Crippen LogP contribution is -2.39. The summed E-state index contributed by atoms with van der Waals surface area (Å²) in [6.07, 6.45) is 4.79. The number of hydrogen-bond donors (Lipinski definition) is 1. The van der Waals surface area contributed by atoms with Crippen molar-refractivity contribution in [2.75, 3.05) is 13.1 Å². The third kappa shape index (κ3) is 3.51. The van der Waals surface area contributed by atoms with Crippen LogP contribution in [-0.2, 0) is 24.8 Å². The summed E-state index contributed by atoms with van der Waals surface area (Å²) < 4.78 is 2.71. The van der Waals surface area contributed by atoms with Gasteiger partial charge in [0.1, 0.15) is 0 Å². The number of rotatable bonds is 6. The number of carbonyl (C=O) groups excluding carboxylic acids is 1. The molecular weight excluding hydrogens is 286 g/mol. The zero-order chi connectivity index (χ0) is 16.1. The third-order valence-corrected chi connectivity index (χ3v) is 3.49. The third-order valence-electron chi connectivity index (χ3n) is 3.49. The van der Waals surface area contributed by atoms with E-state index in [1.165, 1.54) is 13.2 Å². The fourth-order valence-corrected chi connectivity index (χ4v) is 2.13. The van der Waals surface area contributed by atoms with E-state index in [9.17, 15) is 14.4 Å². The van der Waals surface area contributed by atoms with Crippen LogP contribution in [0.4, 0.5) is 0 Å². The Morgan fingerprint density at radius 1 is 1.41 bits per heavy atom. The number of amides is 1. The van der Waals surface area contributed by atoms with Crippen LogP contribution >= 0.6 is 0 Å². The highest BCUT2D eigenvalue weighted by molar-refractivity contribution is 5.78. The van der Waals surface area contributed by atoms with Gasteiger partial charge in [-0.1, -0.05) is 0 Å². The first-order chi connectivity index (χ1) is 10.5. The van der Waals surface area contributed by atoms with Gasteiger partial charge in [-0.2, -0.15) is 5.10 Å². The first kappa shape index (κ1) is 15.7. The number of aromatic nitrogens is 4. The average molecular weight is 305 g/mol. The minimum atomic E-state index is -0.493. The Bertz CT molecular complexity index is 745. The summed E-state index contributed by atoms with van der Waals surface area (Å²) in [4.78, 5) is 39.7. The van der Waals surface area contributed by atoms with Crippen LogP contribution in [0.15, 0.2) is 34.2 Å². The fourth-order valence-electron chi connectivity index (χ4n) is 2.13. The van der Waals surface area contributed by atoms with E-state index in [1.54, 1.807) is 15.8 Å². The lowest BCUT2D eigenvalue weighted by molar-refractivity contribution is -0.130. The van der Waals surface area contributed by atoms with Crippen molar-refractivity contribution < 1.29 is 4.79 Å². The minimum absolute atomic E-state index is 0.0313. The van der Waals surface area contributed by atoms with Crippen LogP contribution in [-0.4, -0.2) is 43.2 Å². The Morgan fingerprint density at radius 2 is 2.18 bits per heavy atom. The van der Waals surface area contributed by atoms with Crippen LogP contribution in [0.3, 0.4) is 0 Å². The summed E-state index contributed by atoms with van der Waals surface area (Å²) in [5, 5.41) is 4.09. The molecule has 0 atom stereocenters. The van der Waals surface area contributed by atoms with E-state index in [4.69, 9.17) is 0 Å². The molecule has 0 aromatic carbocycles. The van der Waals surface area contributed by atoms with Crippen LogP contribution in [0.25, 0.3) is 0 Å². The summed E-state index contributed by atoms with van der Waals surface area (Å²) >= 11 is 0. The molecule has 0 unspecified atom stereocenters. The molecule has 0 fully saturated rings. The number of H-pyrrole nitrogens is 1. The number of likely N-dealkylation sites (N-methyl/N-ethyl adjacent to an activating group) is 1. The van der Waals surface area contributed by atoms with Crippen LogP contribution < -0.4 is 11.2 Å². The van der Waals surface area contributed by atoms with Crippen LogP contribution in [0.5, 0.6) is 0 Å². The van der Waals surface area contributed by atoms with Crippen LogP contribution in [0, 0.1) is 0 Å². The van der Waals surface area contributed by atoms with Gasteiger partial charge in [-0.3, -0.25) is 18.8 Å². The van der Waals surface area contributed by atoms with Crippen molar-refractivity contribution in [3.8, 4) is 0 Å². The molecule has 0 aliphatic heterocycles. The van der Waals surface area contributed by atoms with Crippen molar-refractivity contribution in [2.45, 2.75) is 19.9 Å². The molecule has 1 amide bonds. The van der Waals surface area contributed by atoms with E-state index in [2.05, 4.69) is 10.1 Å². The maximum atomic E-state index is 12.3. The predicted molar refractivity (Wildman–Crippen MR) is 80.5 cm³/mol. The number of aromatic amines is 1. The molecule has 0 saturated heterocycles. The summed E-state index contributed by atoms with van der Waals surface area (Å²) in [6, 6.07) is 1.82. The smallest absolute Gasteiger partial charge is 0.328 e. The van der Waals surface area contributed by atoms with Crippen molar-refractivity contribution in [3.63, 3.8) is 0 Å². The topological polar surface area (TPSA) is 93.0 Å². The van der Waals surface area contributed by atoms with Gasteiger partial charge in [0.15, 0.2) is 0 Å². The monoisotopic (exact) mass is 305 g/mol. The quantitative estimate of drug-likeness (QED) is 0.768. The van der Waals surface area contributed by atoms with E-state index in [0.29, 0.717) is 19.6 Å². The molecule has 0 spiro atoms. The van der Waals surface area contributed by atoms with Crippen LogP contribution in [0.2, 0.25) is 0 Å². The SMILES string of the molecule is CCN(CCn1cccn1)C(=O)Cc1c[nH]c(=O)n(C)c1=O. The molecule has 22 heavy (non-hydrogen) atoms. The Balaban J connectivity index is 2.04.